The quantitative estimate of drug-likeness (QED) is 0.378. The van der Waals surface area contributed by atoms with Crippen molar-refractivity contribution < 1.29 is 62.7 Å². The van der Waals surface area contributed by atoms with E-state index in [0.29, 0.717) is 24.0 Å². The predicted molar refractivity (Wildman–Crippen MR) is 87.2 cm³/mol. The molecule has 2 fully saturated rings. The fraction of sp³-hybridized carbons (Fsp3) is 0.571. The van der Waals surface area contributed by atoms with Gasteiger partial charge in [-0.2, -0.15) is 0 Å². The number of aliphatic hydroxyl groups excluding tert-OH is 1. The third-order valence-electron chi connectivity index (χ3n) is 4.32. The van der Waals surface area contributed by atoms with E-state index in [4.69, 9.17) is 9.26 Å². The van der Waals surface area contributed by atoms with Crippen LogP contribution in [0.15, 0.2) is 12.7 Å². The molecule has 4 heterocycles. The van der Waals surface area contributed by atoms with E-state index in [-0.39, 0.29) is 47.9 Å². The van der Waals surface area contributed by atoms with E-state index in [1.807, 2.05) is 6.92 Å². The summed E-state index contributed by atoms with van der Waals surface area (Å²) in [6, 6.07) is 0. The van der Waals surface area contributed by atoms with Crippen molar-refractivity contribution in [1.29, 1.82) is 0 Å². The van der Waals surface area contributed by atoms with Gasteiger partial charge in [-0.05, 0) is 6.42 Å². The Morgan fingerprint density at radius 2 is 2.25 bits per heavy atom. The summed E-state index contributed by atoms with van der Waals surface area (Å²) in [4.78, 5) is 35.7. The number of anilines is 1. The molecule has 0 aromatic carbocycles. The van der Waals surface area contributed by atoms with Gasteiger partial charge in [0.2, 0.25) is 5.91 Å². The van der Waals surface area contributed by atoms with Gasteiger partial charge < -0.3 is 29.1 Å². The molecule has 2 aliphatic heterocycles. The molecule has 0 saturated carbocycles. The maximum Gasteiger partial charge on any atom is 1.00 e. The molecule has 12 nitrogen and oxygen atoms in total. The first-order valence-electron chi connectivity index (χ1n) is 8.34. The van der Waals surface area contributed by atoms with Gasteiger partial charge in [0, 0.05) is 6.42 Å². The van der Waals surface area contributed by atoms with Gasteiger partial charge >= 0.3 is 29.6 Å². The van der Waals surface area contributed by atoms with Gasteiger partial charge in [0.25, 0.3) is 7.82 Å². The first-order chi connectivity index (χ1) is 12.9. The summed E-state index contributed by atoms with van der Waals surface area (Å²) >= 11 is 0. The number of aliphatic hydroxyl groups is 1. The summed E-state index contributed by atoms with van der Waals surface area (Å²) in [5, 5.41) is 13.2. The molecule has 2 aromatic heterocycles. The van der Waals surface area contributed by atoms with Gasteiger partial charge in [0.15, 0.2) is 23.2 Å². The molecular formula is C14H17N5NaO7P. The molecule has 0 radical (unpaired) electrons. The Bertz CT molecular complexity index is 927. The molecule has 4 rings (SSSR count). The number of phosphoric acid groups is 1. The Kier molecular flexibility index (Phi) is 6.54. The monoisotopic (exact) mass is 421 g/mol. The van der Waals surface area contributed by atoms with Crippen molar-refractivity contribution in [3.63, 3.8) is 0 Å². The number of aromatic nitrogens is 4. The Hall–Kier alpha value is -0.950. The first-order valence-corrected chi connectivity index (χ1v) is 9.80. The Morgan fingerprint density at radius 1 is 1.46 bits per heavy atom. The van der Waals surface area contributed by atoms with Gasteiger partial charge in [0.05, 0.1) is 12.9 Å². The number of hydrogen-bond donors (Lipinski definition) is 2. The van der Waals surface area contributed by atoms with Gasteiger partial charge in [-0.15, -0.1) is 0 Å². The van der Waals surface area contributed by atoms with E-state index in [0.717, 1.165) is 0 Å². The van der Waals surface area contributed by atoms with E-state index < -0.39 is 32.4 Å². The van der Waals surface area contributed by atoms with Crippen LogP contribution >= 0.6 is 7.82 Å². The normalized spacial score (nSPS) is 32.0. The second-order valence-corrected chi connectivity index (χ2v) is 7.58. The van der Waals surface area contributed by atoms with Crippen LogP contribution in [0.3, 0.4) is 0 Å². The fourth-order valence-electron chi connectivity index (χ4n) is 3.11. The van der Waals surface area contributed by atoms with E-state index in [9.17, 15) is 19.4 Å². The number of nitrogens with zero attached hydrogens (tertiary/aromatic N) is 4. The number of amides is 1. The van der Waals surface area contributed by atoms with Crippen molar-refractivity contribution in [1.82, 2.24) is 19.5 Å². The number of fused-ring (bicyclic) bond motifs is 2. The zero-order chi connectivity index (χ0) is 19.2. The van der Waals surface area contributed by atoms with Crippen molar-refractivity contribution in [2.24, 2.45) is 0 Å². The molecule has 2 aliphatic rings. The zero-order valence-electron chi connectivity index (χ0n) is 15.2. The third kappa shape index (κ3) is 4.02. The summed E-state index contributed by atoms with van der Waals surface area (Å²) < 4.78 is 28.1. The van der Waals surface area contributed by atoms with Crippen molar-refractivity contribution >= 4 is 30.7 Å². The van der Waals surface area contributed by atoms with Crippen LogP contribution in [0, 0.1) is 0 Å². The van der Waals surface area contributed by atoms with Crippen LogP contribution in [0.5, 0.6) is 0 Å². The van der Waals surface area contributed by atoms with Gasteiger partial charge in [-0.3, -0.25) is 13.9 Å². The summed E-state index contributed by atoms with van der Waals surface area (Å²) in [5.41, 5.74) is 0.630. The fourth-order valence-corrected chi connectivity index (χ4v) is 4.06. The molecule has 2 N–H and O–H groups in total. The van der Waals surface area contributed by atoms with Crippen LogP contribution in [0.4, 0.5) is 5.82 Å². The number of carbonyl (C=O) groups is 1. The average molecular weight is 421 g/mol. The number of imidazole rings is 1. The molecule has 0 bridgehead atoms. The van der Waals surface area contributed by atoms with Crippen LogP contribution in [-0.2, 0) is 23.1 Å². The molecule has 1 unspecified atom stereocenters. The number of nitrogens with one attached hydrogen (secondary N) is 1. The van der Waals surface area contributed by atoms with E-state index in [1.165, 1.54) is 17.2 Å². The molecular weight excluding hydrogens is 404 g/mol. The van der Waals surface area contributed by atoms with E-state index in [2.05, 4.69) is 24.8 Å². The molecule has 1 amide bonds. The van der Waals surface area contributed by atoms with Crippen molar-refractivity contribution in [2.75, 3.05) is 11.9 Å². The molecule has 2 saturated heterocycles. The Morgan fingerprint density at radius 3 is 3.00 bits per heavy atom. The Balaban J connectivity index is 0.00000225. The second-order valence-electron chi connectivity index (χ2n) is 6.21. The van der Waals surface area contributed by atoms with Gasteiger partial charge in [-0.25, -0.2) is 15.0 Å². The summed E-state index contributed by atoms with van der Waals surface area (Å²) in [6.45, 7) is 1.63. The first kappa shape index (κ1) is 21.8. The summed E-state index contributed by atoms with van der Waals surface area (Å²) in [6.07, 6.45) is -0.469. The van der Waals surface area contributed by atoms with Gasteiger partial charge in [-0.1, -0.05) is 6.92 Å². The number of phosphoric ester groups is 1. The van der Waals surface area contributed by atoms with E-state index in [1.54, 1.807) is 0 Å². The molecule has 0 aliphatic carbocycles. The summed E-state index contributed by atoms with van der Waals surface area (Å²) in [7, 11) is -4.46. The molecule has 14 heteroatoms. The number of hydrogen-bond acceptors (Lipinski definition) is 10. The molecule has 5 atom stereocenters. The number of ether oxygens (including phenoxy) is 1. The predicted octanol–water partition coefficient (Wildman–Crippen LogP) is -3.29. The average Bonchev–Trinajstić information content (AvgIpc) is 3.17. The minimum absolute atomic E-state index is 0. The summed E-state index contributed by atoms with van der Waals surface area (Å²) in [5.74, 6) is 0.0395. The third-order valence-corrected chi connectivity index (χ3v) is 5.29. The van der Waals surface area contributed by atoms with Crippen molar-refractivity contribution in [3.05, 3.63) is 12.7 Å². The topological polar surface area (TPSA) is 161 Å². The standard InChI is InChI=1S/C14H18N5O7P.Na/c1-2-3-8(20)18-12-9-13(16-5-15-12)19(6-17-9)14-10(21)11-7(25-14)4-24-27(22,23)26-11;/h5-7,10-11,14,21H,2-4H2,1H3,(H,22,23)(H,15,16,18,20);/q;+1/p-1/t7-,10-,11-,14-;/m1./s1. The maximum atomic E-state index is 11.8. The van der Waals surface area contributed by atoms with Crippen LogP contribution in [-0.4, -0.2) is 55.5 Å². The zero-order valence-corrected chi connectivity index (χ0v) is 18.1. The number of rotatable bonds is 4. The molecule has 146 valence electrons. The largest absolute Gasteiger partial charge is 1.00 e. The molecule has 2 aromatic rings. The smallest absolute Gasteiger partial charge is 0.756 e. The SMILES string of the molecule is CCCC(=O)Nc1ncnc2c1ncn2[C@@H]1O[C@@H]2COP(=O)([O-])O[C@H]2[C@H]1O.[Na+]. The van der Waals surface area contributed by atoms with E-state index >= 15 is 0 Å². The van der Waals surface area contributed by atoms with Crippen LogP contribution in [0.2, 0.25) is 0 Å². The Labute approximate surface area is 181 Å². The molecule has 28 heavy (non-hydrogen) atoms. The van der Waals surface area contributed by atoms with Crippen LogP contribution in [0.25, 0.3) is 11.2 Å². The van der Waals surface area contributed by atoms with Crippen LogP contribution < -0.4 is 39.8 Å². The second kappa shape index (κ2) is 8.42. The minimum atomic E-state index is -4.46. The van der Waals surface area contributed by atoms with Crippen LogP contribution in [0.1, 0.15) is 26.0 Å². The van der Waals surface area contributed by atoms with Gasteiger partial charge in [0.1, 0.15) is 24.6 Å². The minimum Gasteiger partial charge on any atom is -0.756 e. The molecule has 0 spiro atoms. The van der Waals surface area contributed by atoms with Crippen molar-refractivity contribution in [2.45, 2.75) is 44.3 Å². The maximum absolute atomic E-state index is 11.8. The van der Waals surface area contributed by atoms with Crippen molar-refractivity contribution in [3.8, 4) is 0 Å². The number of carbonyl (C=O) groups excluding carboxylic acids is 1.